The van der Waals surface area contributed by atoms with Gasteiger partial charge in [-0.1, -0.05) is 0 Å². The number of aromatic nitrogens is 3. The Kier molecular flexibility index (Phi) is 4.59. The number of carbonyl (C=O) groups is 1. The van der Waals surface area contributed by atoms with E-state index in [1.54, 1.807) is 24.0 Å². The fraction of sp³-hybridized carbons (Fsp3) is 0.304. The van der Waals surface area contributed by atoms with Gasteiger partial charge in [-0.3, -0.25) is 9.47 Å². The highest BCUT2D eigenvalue weighted by Crippen LogP contribution is 2.35. The Hall–Kier alpha value is -3.52. The lowest BCUT2D eigenvalue weighted by molar-refractivity contribution is 0.0708. The molecule has 1 aliphatic rings. The van der Waals surface area contributed by atoms with Crippen molar-refractivity contribution in [3.8, 4) is 17.1 Å². The van der Waals surface area contributed by atoms with Gasteiger partial charge in [0.05, 0.1) is 18.5 Å². The molecular weight excluding hydrogens is 392 g/mol. The maximum absolute atomic E-state index is 13.2. The molecule has 4 aromatic rings. The third-order valence-electron chi connectivity index (χ3n) is 6.16. The maximum atomic E-state index is 13.2. The summed E-state index contributed by atoms with van der Waals surface area (Å²) in [4.78, 5) is 19.4. The van der Waals surface area contributed by atoms with Crippen LogP contribution in [0.2, 0.25) is 0 Å². The van der Waals surface area contributed by atoms with Crippen molar-refractivity contribution in [2.24, 2.45) is 12.8 Å². The molecule has 0 spiro atoms. The number of benzene rings is 1. The first-order valence-electron chi connectivity index (χ1n) is 10.4. The highest BCUT2D eigenvalue weighted by atomic mass is 16.5. The molecule has 31 heavy (non-hydrogen) atoms. The minimum atomic E-state index is -0.0320. The average Bonchev–Trinajstić information content (AvgIpc) is 3.29. The molecule has 3 aromatic heterocycles. The van der Waals surface area contributed by atoms with Gasteiger partial charge in [0.1, 0.15) is 16.9 Å². The smallest absolute Gasteiger partial charge is 0.254 e. The average molecular weight is 419 g/mol. The van der Waals surface area contributed by atoms with Crippen molar-refractivity contribution in [3.63, 3.8) is 0 Å². The molecule has 4 heterocycles. The van der Waals surface area contributed by atoms with Crippen LogP contribution in [0.15, 0.2) is 42.6 Å². The lowest BCUT2D eigenvalue weighted by atomic mass is 10.0. The second-order valence-corrected chi connectivity index (χ2v) is 8.17. The fourth-order valence-corrected chi connectivity index (χ4v) is 4.59. The SMILES string of the molecule is COc1cc(C(=O)N2CCC[C@@H](N)C2)cc2cc(-c3cc4cccnc4n3C)n(N)c12. The summed E-state index contributed by atoms with van der Waals surface area (Å²) in [6.07, 6.45) is 3.65. The van der Waals surface area contributed by atoms with Gasteiger partial charge in [0.15, 0.2) is 0 Å². The van der Waals surface area contributed by atoms with Crippen molar-refractivity contribution in [1.82, 2.24) is 19.1 Å². The second-order valence-electron chi connectivity index (χ2n) is 8.17. The van der Waals surface area contributed by atoms with Crippen LogP contribution in [-0.4, -0.2) is 51.3 Å². The number of nitrogens with two attached hydrogens (primary N) is 2. The summed E-state index contributed by atoms with van der Waals surface area (Å²) in [5.41, 5.74) is 10.0. The van der Waals surface area contributed by atoms with Crippen LogP contribution in [0.1, 0.15) is 23.2 Å². The zero-order valence-corrected chi connectivity index (χ0v) is 17.7. The number of rotatable bonds is 3. The molecule has 8 nitrogen and oxygen atoms in total. The fourth-order valence-electron chi connectivity index (χ4n) is 4.59. The van der Waals surface area contributed by atoms with Crippen LogP contribution in [0, 0.1) is 0 Å². The number of methoxy groups -OCH3 is 1. The molecular formula is C23H26N6O2. The van der Waals surface area contributed by atoms with Crippen molar-refractivity contribution in [3.05, 3.63) is 48.2 Å². The van der Waals surface area contributed by atoms with Gasteiger partial charge >= 0.3 is 0 Å². The van der Waals surface area contributed by atoms with Gasteiger partial charge in [0, 0.05) is 48.7 Å². The Morgan fingerprint density at radius 1 is 1.19 bits per heavy atom. The number of aryl methyl sites for hydroxylation is 1. The number of carbonyl (C=O) groups excluding carboxylic acids is 1. The minimum absolute atomic E-state index is 0.0279. The van der Waals surface area contributed by atoms with Crippen molar-refractivity contribution in [2.45, 2.75) is 18.9 Å². The molecule has 5 rings (SSSR count). The Labute approximate surface area is 180 Å². The van der Waals surface area contributed by atoms with Gasteiger partial charge in [0.25, 0.3) is 5.91 Å². The molecule has 1 atom stereocenters. The lowest BCUT2D eigenvalue weighted by Gasteiger charge is -2.31. The monoisotopic (exact) mass is 418 g/mol. The van der Waals surface area contributed by atoms with E-state index in [9.17, 15) is 4.79 Å². The van der Waals surface area contributed by atoms with Crippen LogP contribution in [-0.2, 0) is 7.05 Å². The molecule has 1 fully saturated rings. The molecule has 0 aliphatic carbocycles. The number of nitrogens with zero attached hydrogens (tertiary/aromatic N) is 4. The predicted molar refractivity (Wildman–Crippen MR) is 121 cm³/mol. The number of piperidine rings is 1. The first-order chi connectivity index (χ1) is 15.0. The molecule has 1 saturated heterocycles. The van der Waals surface area contributed by atoms with Gasteiger partial charge in [-0.05, 0) is 49.2 Å². The van der Waals surface area contributed by atoms with Crippen molar-refractivity contribution >= 4 is 27.8 Å². The Bertz CT molecular complexity index is 1300. The van der Waals surface area contributed by atoms with Crippen LogP contribution in [0.4, 0.5) is 0 Å². The van der Waals surface area contributed by atoms with Gasteiger partial charge in [0.2, 0.25) is 0 Å². The molecule has 1 aliphatic heterocycles. The van der Waals surface area contributed by atoms with Crippen molar-refractivity contribution in [1.29, 1.82) is 0 Å². The van der Waals surface area contributed by atoms with E-state index in [1.807, 2.05) is 40.8 Å². The van der Waals surface area contributed by atoms with Gasteiger partial charge in [-0.25, -0.2) is 4.98 Å². The number of fused-ring (bicyclic) bond motifs is 2. The van der Waals surface area contributed by atoms with Gasteiger partial charge in [-0.2, -0.15) is 0 Å². The lowest BCUT2D eigenvalue weighted by Crippen LogP contribution is -2.45. The quantitative estimate of drug-likeness (QED) is 0.498. The number of hydrogen-bond donors (Lipinski definition) is 2. The van der Waals surface area contributed by atoms with E-state index < -0.39 is 0 Å². The predicted octanol–water partition coefficient (Wildman–Crippen LogP) is 2.48. The van der Waals surface area contributed by atoms with E-state index in [0.717, 1.165) is 52.7 Å². The third kappa shape index (κ3) is 3.11. The van der Waals surface area contributed by atoms with Crippen molar-refractivity contribution < 1.29 is 9.53 Å². The van der Waals surface area contributed by atoms with Crippen LogP contribution in [0.3, 0.4) is 0 Å². The number of amides is 1. The highest BCUT2D eigenvalue weighted by Gasteiger charge is 2.25. The summed E-state index contributed by atoms with van der Waals surface area (Å²) in [7, 11) is 3.56. The van der Waals surface area contributed by atoms with E-state index in [0.29, 0.717) is 17.9 Å². The summed E-state index contributed by atoms with van der Waals surface area (Å²) in [5, 5.41) is 1.88. The number of pyridine rings is 1. The Morgan fingerprint density at radius 3 is 2.74 bits per heavy atom. The molecule has 1 aromatic carbocycles. The van der Waals surface area contributed by atoms with Gasteiger partial charge in [-0.15, -0.1) is 0 Å². The molecule has 0 bridgehead atoms. The zero-order chi connectivity index (χ0) is 21.7. The van der Waals surface area contributed by atoms with E-state index in [1.165, 1.54) is 0 Å². The van der Waals surface area contributed by atoms with Crippen LogP contribution >= 0.6 is 0 Å². The molecule has 160 valence electrons. The third-order valence-corrected chi connectivity index (χ3v) is 6.16. The molecule has 1 amide bonds. The largest absolute Gasteiger partial charge is 0.494 e. The molecule has 0 saturated carbocycles. The summed E-state index contributed by atoms with van der Waals surface area (Å²) in [5.74, 6) is 7.05. The number of ether oxygens (including phenoxy) is 1. The Morgan fingerprint density at radius 2 is 2.00 bits per heavy atom. The van der Waals surface area contributed by atoms with Gasteiger partial charge < -0.3 is 25.8 Å². The minimum Gasteiger partial charge on any atom is -0.494 e. The molecule has 8 heteroatoms. The summed E-state index contributed by atoms with van der Waals surface area (Å²) >= 11 is 0. The summed E-state index contributed by atoms with van der Waals surface area (Å²) in [6, 6.07) is 11.7. The second kappa shape index (κ2) is 7.31. The summed E-state index contributed by atoms with van der Waals surface area (Å²) in [6.45, 7) is 1.30. The van der Waals surface area contributed by atoms with E-state index in [-0.39, 0.29) is 11.9 Å². The summed E-state index contributed by atoms with van der Waals surface area (Å²) < 4.78 is 9.26. The van der Waals surface area contributed by atoms with E-state index in [4.69, 9.17) is 16.3 Å². The standard InChI is InChI=1S/C23H26N6O2/c1-27-18(10-14-5-3-7-26-22(14)27)19-11-15-9-16(12-20(31-2)21(15)29(19)25)23(30)28-8-4-6-17(24)13-28/h3,5,7,9-12,17H,4,6,8,13,24-25H2,1-2H3/t17-/m1/s1. The number of nitrogen functional groups attached to an aromatic ring is 1. The Balaban J connectivity index is 1.63. The topological polar surface area (TPSA) is 104 Å². The first-order valence-corrected chi connectivity index (χ1v) is 10.4. The van der Waals surface area contributed by atoms with Crippen LogP contribution in [0.25, 0.3) is 33.3 Å². The normalized spacial score (nSPS) is 16.9. The molecule has 0 unspecified atom stereocenters. The van der Waals surface area contributed by atoms with Crippen molar-refractivity contribution in [2.75, 3.05) is 26.0 Å². The van der Waals surface area contributed by atoms with Crippen LogP contribution < -0.4 is 16.3 Å². The zero-order valence-electron chi connectivity index (χ0n) is 17.7. The van der Waals surface area contributed by atoms with Crippen LogP contribution in [0.5, 0.6) is 5.75 Å². The number of hydrogen-bond acceptors (Lipinski definition) is 5. The van der Waals surface area contributed by atoms with E-state index in [2.05, 4.69) is 11.1 Å². The molecule has 4 N–H and O–H groups in total. The highest BCUT2D eigenvalue weighted by molar-refractivity contribution is 6.02. The first kappa shape index (κ1) is 19.4. The van der Waals surface area contributed by atoms with E-state index >= 15 is 0 Å². The number of likely N-dealkylation sites (tertiary alicyclic amines) is 1. The molecule has 0 radical (unpaired) electrons. The maximum Gasteiger partial charge on any atom is 0.254 e.